The average molecular weight is 279 g/mol. The molecule has 2 N–H and O–H groups in total. The van der Waals surface area contributed by atoms with E-state index in [2.05, 4.69) is 5.32 Å². The number of anilines is 1. The van der Waals surface area contributed by atoms with Gasteiger partial charge in [0, 0.05) is 18.3 Å². The van der Waals surface area contributed by atoms with Gasteiger partial charge in [0.05, 0.1) is 4.92 Å². The molecule has 2 rings (SSSR count). The van der Waals surface area contributed by atoms with E-state index in [-0.39, 0.29) is 16.5 Å². The molecule has 0 saturated carbocycles. The molecule has 0 aliphatic rings. The largest absolute Gasteiger partial charge is 0.508 e. The van der Waals surface area contributed by atoms with Gasteiger partial charge in [-0.3, -0.25) is 10.1 Å². The highest BCUT2D eigenvalue weighted by molar-refractivity contribution is 6.32. The first-order chi connectivity index (χ1) is 9.06. The van der Waals surface area contributed by atoms with Crippen LogP contribution in [-0.2, 0) is 6.54 Å². The van der Waals surface area contributed by atoms with Crippen molar-refractivity contribution in [3.05, 3.63) is 63.2 Å². The van der Waals surface area contributed by atoms with Gasteiger partial charge in [0.15, 0.2) is 0 Å². The summed E-state index contributed by atoms with van der Waals surface area (Å²) in [6.45, 7) is 0.489. The molecule has 2 aromatic rings. The number of nitrogens with one attached hydrogen (secondary N) is 1. The highest BCUT2D eigenvalue weighted by Crippen LogP contribution is 2.27. The topological polar surface area (TPSA) is 75.4 Å². The minimum Gasteiger partial charge on any atom is -0.508 e. The molecule has 0 heterocycles. The van der Waals surface area contributed by atoms with Crippen LogP contribution in [0.1, 0.15) is 5.56 Å². The van der Waals surface area contributed by atoms with E-state index in [4.69, 9.17) is 11.6 Å². The number of phenolic OH excluding ortho intramolecular Hbond substituents is 1. The van der Waals surface area contributed by atoms with E-state index < -0.39 is 4.92 Å². The van der Waals surface area contributed by atoms with Crippen LogP contribution in [-0.4, -0.2) is 10.0 Å². The maximum atomic E-state index is 10.6. The number of phenols is 1. The van der Waals surface area contributed by atoms with Crippen LogP contribution in [0.5, 0.6) is 5.75 Å². The van der Waals surface area contributed by atoms with Gasteiger partial charge in [0.1, 0.15) is 10.8 Å². The highest BCUT2D eigenvalue weighted by Gasteiger charge is 2.11. The summed E-state index contributed by atoms with van der Waals surface area (Å²) >= 11 is 5.81. The highest BCUT2D eigenvalue weighted by atomic mass is 35.5. The van der Waals surface area contributed by atoms with Gasteiger partial charge in [0.25, 0.3) is 5.69 Å². The predicted molar refractivity (Wildman–Crippen MR) is 73.5 cm³/mol. The molecule has 98 valence electrons. The van der Waals surface area contributed by atoms with Gasteiger partial charge in [0.2, 0.25) is 0 Å². The zero-order valence-corrected chi connectivity index (χ0v) is 10.6. The van der Waals surface area contributed by atoms with Crippen LogP contribution in [0, 0.1) is 10.1 Å². The molecule has 19 heavy (non-hydrogen) atoms. The number of hydrogen-bond donors (Lipinski definition) is 2. The second kappa shape index (κ2) is 5.58. The molecule has 0 unspecified atom stereocenters. The van der Waals surface area contributed by atoms with E-state index in [1.165, 1.54) is 12.1 Å². The fraction of sp³-hybridized carbons (Fsp3) is 0.0769. The lowest BCUT2D eigenvalue weighted by atomic mass is 10.2. The Labute approximate surface area is 114 Å². The molecule has 0 aliphatic heterocycles. The Morgan fingerprint density at radius 1 is 1.26 bits per heavy atom. The van der Waals surface area contributed by atoms with Gasteiger partial charge >= 0.3 is 0 Å². The first-order valence-electron chi connectivity index (χ1n) is 5.52. The predicted octanol–water partition coefficient (Wildman–Crippen LogP) is 3.57. The Kier molecular flexibility index (Phi) is 3.87. The summed E-state index contributed by atoms with van der Waals surface area (Å²) in [5.41, 5.74) is 1.46. The maximum absolute atomic E-state index is 10.6. The van der Waals surface area contributed by atoms with Crippen molar-refractivity contribution in [2.24, 2.45) is 0 Å². The summed E-state index contributed by atoms with van der Waals surface area (Å²) < 4.78 is 0. The Morgan fingerprint density at radius 2 is 2.05 bits per heavy atom. The molecule has 0 amide bonds. The Balaban J connectivity index is 2.08. The van der Waals surface area contributed by atoms with Crippen LogP contribution >= 0.6 is 11.6 Å². The SMILES string of the molecule is O=[N+]([O-])c1ccc(NCc2cccc(O)c2)cc1Cl. The number of nitrogens with zero attached hydrogens (tertiary/aromatic N) is 1. The summed E-state index contributed by atoms with van der Waals surface area (Å²) in [7, 11) is 0. The van der Waals surface area contributed by atoms with E-state index in [0.29, 0.717) is 12.2 Å². The molecule has 0 radical (unpaired) electrons. The molecule has 0 aliphatic carbocycles. The number of nitro benzene ring substituents is 1. The summed E-state index contributed by atoms with van der Waals surface area (Å²) in [6.07, 6.45) is 0. The van der Waals surface area contributed by atoms with Crippen LogP contribution < -0.4 is 5.32 Å². The van der Waals surface area contributed by atoms with Crippen LogP contribution in [0.4, 0.5) is 11.4 Å². The van der Waals surface area contributed by atoms with E-state index in [1.807, 2.05) is 6.07 Å². The van der Waals surface area contributed by atoms with Crippen molar-refractivity contribution < 1.29 is 10.0 Å². The number of rotatable bonds is 4. The molecule has 0 spiro atoms. The molecule has 0 atom stereocenters. The zero-order chi connectivity index (χ0) is 13.8. The second-order valence-corrected chi connectivity index (χ2v) is 4.35. The smallest absolute Gasteiger partial charge is 0.288 e. The van der Waals surface area contributed by atoms with Gasteiger partial charge in [-0.25, -0.2) is 0 Å². The van der Waals surface area contributed by atoms with E-state index >= 15 is 0 Å². The number of benzene rings is 2. The number of aromatic hydroxyl groups is 1. The maximum Gasteiger partial charge on any atom is 0.288 e. The molecule has 0 aromatic heterocycles. The Morgan fingerprint density at radius 3 is 2.68 bits per heavy atom. The van der Waals surface area contributed by atoms with Gasteiger partial charge in [-0.1, -0.05) is 23.7 Å². The standard InChI is InChI=1S/C13H11ClN2O3/c14-12-7-10(4-5-13(12)16(18)19)15-8-9-2-1-3-11(17)6-9/h1-7,15,17H,8H2. The fourth-order valence-corrected chi connectivity index (χ4v) is 1.89. The number of nitro groups is 1. The lowest BCUT2D eigenvalue weighted by Crippen LogP contribution is -1.99. The van der Waals surface area contributed by atoms with Crippen molar-refractivity contribution in [1.29, 1.82) is 0 Å². The third-order valence-electron chi connectivity index (χ3n) is 2.55. The van der Waals surface area contributed by atoms with Crippen LogP contribution in [0.15, 0.2) is 42.5 Å². The van der Waals surface area contributed by atoms with E-state index in [9.17, 15) is 15.2 Å². The van der Waals surface area contributed by atoms with Crippen molar-refractivity contribution in [1.82, 2.24) is 0 Å². The molecule has 0 fully saturated rings. The van der Waals surface area contributed by atoms with Crippen molar-refractivity contribution in [2.45, 2.75) is 6.54 Å². The van der Waals surface area contributed by atoms with Crippen molar-refractivity contribution >= 4 is 23.0 Å². The normalized spacial score (nSPS) is 10.2. The van der Waals surface area contributed by atoms with Crippen molar-refractivity contribution in [3.63, 3.8) is 0 Å². The second-order valence-electron chi connectivity index (χ2n) is 3.95. The number of halogens is 1. The minimum absolute atomic E-state index is 0.0888. The average Bonchev–Trinajstić information content (AvgIpc) is 2.36. The number of hydrogen-bond acceptors (Lipinski definition) is 4. The third-order valence-corrected chi connectivity index (χ3v) is 2.85. The summed E-state index contributed by atoms with van der Waals surface area (Å²) in [5, 5.41) is 23.1. The summed E-state index contributed by atoms with van der Waals surface area (Å²) in [6, 6.07) is 11.3. The molecule has 5 nitrogen and oxygen atoms in total. The molecule has 6 heteroatoms. The lowest BCUT2D eigenvalue weighted by molar-refractivity contribution is -0.384. The molecule has 0 bridgehead atoms. The van der Waals surface area contributed by atoms with E-state index in [1.54, 1.807) is 24.3 Å². The first-order valence-corrected chi connectivity index (χ1v) is 5.90. The first kappa shape index (κ1) is 13.2. The molecule has 2 aromatic carbocycles. The minimum atomic E-state index is -0.526. The van der Waals surface area contributed by atoms with Crippen LogP contribution in [0.2, 0.25) is 5.02 Å². The van der Waals surface area contributed by atoms with Gasteiger partial charge in [-0.15, -0.1) is 0 Å². The third kappa shape index (κ3) is 3.35. The van der Waals surface area contributed by atoms with Gasteiger partial charge in [-0.2, -0.15) is 0 Å². The Bertz CT molecular complexity index is 617. The summed E-state index contributed by atoms with van der Waals surface area (Å²) in [5.74, 6) is 0.195. The van der Waals surface area contributed by atoms with Gasteiger partial charge in [-0.05, 0) is 29.8 Å². The Hall–Kier alpha value is -2.27. The fourth-order valence-electron chi connectivity index (χ4n) is 1.64. The molecular formula is C13H11ClN2O3. The van der Waals surface area contributed by atoms with Crippen LogP contribution in [0.3, 0.4) is 0 Å². The van der Waals surface area contributed by atoms with Crippen molar-refractivity contribution in [3.8, 4) is 5.75 Å². The molecular weight excluding hydrogens is 268 g/mol. The molecule has 0 saturated heterocycles. The van der Waals surface area contributed by atoms with Gasteiger partial charge < -0.3 is 10.4 Å². The summed E-state index contributed by atoms with van der Waals surface area (Å²) in [4.78, 5) is 10.1. The lowest BCUT2D eigenvalue weighted by Gasteiger charge is -2.07. The zero-order valence-electron chi connectivity index (χ0n) is 9.84. The quantitative estimate of drug-likeness (QED) is 0.662. The van der Waals surface area contributed by atoms with Crippen molar-refractivity contribution in [2.75, 3.05) is 5.32 Å². The monoisotopic (exact) mass is 278 g/mol. The van der Waals surface area contributed by atoms with E-state index in [0.717, 1.165) is 5.56 Å². The van der Waals surface area contributed by atoms with Crippen LogP contribution in [0.25, 0.3) is 0 Å².